The number of nitrogens with two attached hydrogens (primary N) is 1. The Morgan fingerprint density at radius 3 is 2.09 bits per heavy atom. The van der Waals surface area contributed by atoms with E-state index in [0.29, 0.717) is 11.1 Å². The molecule has 0 saturated heterocycles. The molecule has 0 radical (unpaired) electrons. The average molecular weight is 468 g/mol. The molecule has 0 fully saturated rings. The third-order valence-electron chi connectivity index (χ3n) is 4.82. The highest BCUT2D eigenvalue weighted by Gasteiger charge is 2.23. The molecule has 6 heteroatoms. The van der Waals surface area contributed by atoms with Gasteiger partial charge < -0.3 is 15.0 Å². The van der Waals surface area contributed by atoms with E-state index >= 15 is 0 Å². The third kappa shape index (κ3) is 7.70. The van der Waals surface area contributed by atoms with Crippen molar-refractivity contribution in [2.24, 2.45) is 0 Å². The molecule has 3 N–H and O–H groups in total. The molecule has 3 aromatic rings. The Balaban J connectivity index is 0.00000107. The number of carbonyl (C=O) groups is 1. The van der Waals surface area contributed by atoms with E-state index in [2.05, 4.69) is 20.8 Å². The largest absolute Gasteiger partial charge is 0.496 e. The van der Waals surface area contributed by atoms with E-state index < -0.39 is 11.1 Å². The van der Waals surface area contributed by atoms with Crippen molar-refractivity contribution < 1.29 is 19.7 Å². The van der Waals surface area contributed by atoms with Crippen LogP contribution in [0.25, 0.3) is 12.2 Å². The van der Waals surface area contributed by atoms with E-state index in [0.717, 1.165) is 28.1 Å². The third-order valence-corrected chi connectivity index (χ3v) is 4.82. The lowest BCUT2D eigenvalue weighted by atomic mass is 9.83. The Hall–Kier alpha value is -3.22. The number of hydrogen-bond acceptors (Lipinski definition) is 4. The zero-order valence-electron chi connectivity index (χ0n) is 19.7. The standard InChI is InChI=1S/C26H27NO2.CH4O2S.H2/c1-26(2,3)23-17-21(24(28)19-8-6-5-7-9-19)16-20(25(23)29-4)13-10-18-11-14-22(27)15-12-18;1-4(2)3;/h5-17H,27H2,1-4H3;1H3,(H,2,3);1H/b13-10+;;. The number of carbonyl (C=O) groups excluding carboxylic acids is 1. The summed E-state index contributed by atoms with van der Waals surface area (Å²) in [5.41, 5.74) is 10.5. The van der Waals surface area contributed by atoms with Crippen LogP contribution < -0.4 is 10.5 Å². The van der Waals surface area contributed by atoms with Crippen molar-refractivity contribution in [3.8, 4) is 5.75 Å². The molecule has 1 atom stereocenters. The van der Waals surface area contributed by atoms with Crippen LogP contribution in [0, 0.1) is 0 Å². The minimum absolute atomic E-state index is 0. The topological polar surface area (TPSA) is 89.6 Å². The van der Waals surface area contributed by atoms with Gasteiger partial charge in [-0.15, -0.1) is 0 Å². The number of ketones is 1. The minimum Gasteiger partial charge on any atom is -0.496 e. The van der Waals surface area contributed by atoms with Crippen molar-refractivity contribution in [2.75, 3.05) is 19.1 Å². The van der Waals surface area contributed by atoms with Crippen LogP contribution >= 0.6 is 0 Å². The number of hydrogen-bond donors (Lipinski definition) is 2. The Labute approximate surface area is 200 Å². The first kappa shape index (κ1) is 26.0. The highest BCUT2D eigenvalue weighted by atomic mass is 32.2. The Bertz CT molecular complexity index is 1130. The van der Waals surface area contributed by atoms with Gasteiger partial charge in [-0.3, -0.25) is 4.79 Å². The van der Waals surface area contributed by atoms with Crippen LogP contribution in [0.5, 0.6) is 5.75 Å². The summed E-state index contributed by atoms with van der Waals surface area (Å²) in [6, 6.07) is 20.9. The van der Waals surface area contributed by atoms with Gasteiger partial charge in [0.05, 0.1) is 7.11 Å². The minimum atomic E-state index is -1.61. The first-order valence-electron chi connectivity index (χ1n) is 10.4. The van der Waals surface area contributed by atoms with Crippen molar-refractivity contribution in [1.82, 2.24) is 0 Å². The molecule has 0 spiro atoms. The van der Waals surface area contributed by atoms with E-state index in [9.17, 15) is 4.79 Å². The summed E-state index contributed by atoms with van der Waals surface area (Å²) in [5.74, 6) is 0.787. The zero-order chi connectivity index (χ0) is 24.6. The predicted octanol–water partition coefficient (Wildman–Crippen LogP) is 6.06. The molecule has 33 heavy (non-hydrogen) atoms. The molecule has 3 aromatic carbocycles. The van der Waals surface area contributed by atoms with Gasteiger partial charge in [0.15, 0.2) is 5.78 Å². The van der Waals surface area contributed by atoms with Gasteiger partial charge in [0.25, 0.3) is 0 Å². The number of ether oxygens (including phenoxy) is 1. The maximum atomic E-state index is 13.1. The summed E-state index contributed by atoms with van der Waals surface area (Å²) in [6.45, 7) is 6.36. The second kappa shape index (κ2) is 11.6. The Morgan fingerprint density at radius 2 is 1.58 bits per heavy atom. The van der Waals surface area contributed by atoms with Gasteiger partial charge in [-0.25, -0.2) is 4.21 Å². The molecule has 176 valence electrons. The summed E-state index contributed by atoms with van der Waals surface area (Å²) >= 11 is -1.61. The molecule has 5 nitrogen and oxygen atoms in total. The molecule has 3 rings (SSSR count). The molecular weight excluding hydrogens is 434 g/mol. The molecule has 0 heterocycles. The van der Waals surface area contributed by atoms with Crippen molar-refractivity contribution in [3.63, 3.8) is 0 Å². The van der Waals surface area contributed by atoms with Crippen LogP contribution in [-0.2, 0) is 16.5 Å². The molecule has 0 bridgehead atoms. The summed E-state index contributed by atoms with van der Waals surface area (Å²) in [5, 5.41) is 0. The van der Waals surface area contributed by atoms with Crippen molar-refractivity contribution in [3.05, 3.63) is 94.5 Å². The maximum Gasteiger partial charge on any atom is 0.193 e. The van der Waals surface area contributed by atoms with Gasteiger partial charge in [0, 0.05) is 35.6 Å². The summed E-state index contributed by atoms with van der Waals surface area (Å²) in [4.78, 5) is 13.1. The van der Waals surface area contributed by atoms with E-state index in [-0.39, 0.29) is 12.6 Å². The van der Waals surface area contributed by atoms with Gasteiger partial charge in [-0.2, -0.15) is 0 Å². The van der Waals surface area contributed by atoms with Crippen molar-refractivity contribution >= 4 is 34.7 Å². The van der Waals surface area contributed by atoms with Crippen LogP contribution in [-0.4, -0.2) is 27.9 Å². The smallest absolute Gasteiger partial charge is 0.193 e. The quantitative estimate of drug-likeness (QED) is 0.206. The van der Waals surface area contributed by atoms with Gasteiger partial charge in [-0.05, 0) is 35.2 Å². The van der Waals surface area contributed by atoms with Gasteiger partial charge in [0.2, 0.25) is 0 Å². The van der Waals surface area contributed by atoms with Gasteiger partial charge in [0.1, 0.15) is 16.8 Å². The van der Waals surface area contributed by atoms with E-state index in [1.54, 1.807) is 7.11 Å². The van der Waals surface area contributed by atoms with Crippen LogP contribution in [0.2, 0.25) is 0 Å². The fourth-order valence-electron chi connectivity index (χ4n) is 3.24. The second-order valence-corrected chi connectivity index (χ2v) is 9.36. The SMILES string of the molecule is COc1c(/C=C/c2ccc(N)cc2)cc(C(=O)c2ccccc2)cc1C(C)(C)C.CS(=O)O.[HH]. The monoisotopic (exact) mass is 467 g/mol. The van der Waals surface area contributed by atoms with E-state index in [1.807, 2.05) is 78.9 Å². The number of anilines is 1. The molecule has 0 aliphatic carbocycles. The fourth-order valence-corrected chi connectivity index (χ4v) is 3.24. The molecule has 0 amide bonds. The highest BCUT2D eigenvalue weighted by Crippen LogP contribution is 2.36. The number of benzene rings is 3. The van der Waals surface area contributed by atoms with Crippen LogP contribution in [0.1, 0.15) is 54.8 Å². The molecular formula is C27H33NO4S. The lowest BCUT2D eigenvalue weighted by Crippen LogP contribution is -2.15. The molecule has 1 unspecified atom stereocenters. The predicted molar refractivity (Wildman–Crippen MR) is 140 cm³/mol. The number of nitrogen functional groups attached to an aromatic ring is 1. The van der Waals surface area contributed by atoms with Crippen molar-refractivity contribution in [1.29, 1.82) is 0 Å². The van der Waals surface area contributed by atoms with Gasteiger partial charge in [-0.1, -0.05) is 75.4 Å². The maximum absolute atomic E-state index is 13.1. The van der Waals surface area contributed by atoms with Crippen molar-refractivity contribution in [2.45, 2.75) is 26.2 Å². The lowest BCUT2D eigenvalue weighted by Gasteiger charge is -2.24. The first-order valence-corrected chi connectivity index (χ1v) is 11.9. The Kier molecular flexibility index (Phi) is 9.14. The molecule has 0 saturated carbocycles. The summed E-state index contributed by atoms with van der Waals surface area (Å²) in [6.07, 6.45) is 5.18. The van der Waals surface area contributed by atoms with E-state index in [4.69, 9.17) is 19.2 Å². The van der Waals surface area contributed by atoms with Gasteiger partial charge >= 0.3 is 0 Å². The summed E-state index contributed by atoms with van der Waals surface area (Å²) < 4.78 is 22.4. The highest BCUT2D eigenvalue weighted by molar-refractivity contribution is 7.78. The number of rotatable bonds is 5. The lowest BCUT2D eigenvalue weighted by molar-refractivity contribution is 0.103. The molecule has 0 aliphatic rings. The van der Waals surface area contributed by atoms with Crippen LogP contribution in [0.15, 0.2) is 66.7 Å². The van der Waals surface area contributed by atoms with Crippen LogP contribution in [0.3, 0.4) is 0 Å². The normalized spacial score (nSPS) is 12.1. The Morgan fingerprint density at radius 1 is 1.00 bits per heavy atom. The second-order valence-electron chi connectivity index (χ2n) is 8.52. The summed E-state index contributed by atoms with van der Waals surface area (Å²) in [7, 11) is 1.67. The average Bonchev–Trinajstić information content (AvgIpc) is 2.77. The molecule has 0 aliphatic heterocycles. The van der Waals surface area contributed by atoms with E-state index in [1.165, 1.54) is 6.26 Å². The number of methoxy groups -OCH3 is 1. The van der Waals surface area contributed by atoms with Crippen LogP contribution in [0.4, 0.5) is 5.69 Å². The molecule has 0 aromatic heterocycles. The first-order chi connectivity index (χ1) is 15.5. The fraction of sp³-hybridized carbons (Fsp3) is 0.222. The zero-order valence-corrected chi connectivity index (χ0v) is 20.5.